The third-order valence-electron chi connectivity index (χ3n) is 4.04. The third-order valence-corrected chi connectivity index (χ3v) is 5.12. The van der Waals surface area contributed by atoms with Crippen molar-refractivity contribution in [2.24, 2.45) is 5.73 Å². The monoisotopic (exact) mass is 351 g/mol. The first kappa shape index (κ1) is 17.9. The Bertz CT molecular complexity index is 645. The van der Waals surface area contributed by atoms with Gasteiger partial charge in [0.1, 0.15) is 6.04 Å². The number of anilines is 1. The Morgan fingerprint density at radius 1 is 1.22 bits per heavy atom. The molecular formula is C17H22ClN3OS. The lowest BCUT2D eigenvalue weighted by molar-refractivity contribution is -0.117. The van der Waals surface area contributed by atoms with Crippen molar-refractivity contribution < 1.29 is 4.79 Å². The number of carbonyl (C=O) groups excluding carboxylic acids is 1. The van der Waals surface area contributed by atoms with E-state index in [9.17, 15) is 4.79 Å². The highest BCUT2D eigenvalue weighted by atomic mass is 35.5. The van der Waals surface area contributed by atoms with Gasteiger partial charge in [-0.15, -0.1) is 23.7 Å². The van der Waals surface area contributed by atoms with Gasteiger partial charge in [-0.05, 0) is 38.2 Å². The van der Waals surface area contributed by atoms with Gasteiger partial charge in [0.2, 0.25) is 5.91 Å². The van der Waals surface area contributed by atoms with Crippen molar-refractivity contribution >= 4 is 34.8 Å². The van der Waals surface area contributed by atoms with E-state index in [-0.39, 0.29) is 18.3 Å². The first-order valence-corrected chi connectivity index (χ1v) is 8.57. The van der Waals surface area contributed by atoms with Crippen LogP contribution in [0, 0.1) is 6.92 Å². The topological polar surface area (TPSA) is 68.0 Å². The van der Waals surface area contributed by atoms with Crippen LogP contribution in [0.1, 0.15) is 47.0 Å². The quantitative estimate of drug-likeness (QED) is 0.827. The number of fused-ring (bicyclic) bond motifs is 1. The van der Waals surface area contributed by atoms with Crippen molar-refractivity contribution in [1.29, 1.82) is 0 Å². The Balaban J connectivity index is 0.00000192. The number of hydrogen-bond donors (Lipinski definition) is 2. The highest BCUT2D eigenvalue weighted by molar-refractivity contribution is 7.15. The molecule has 0 aliphatic heterocycles. The Morgan fingerprint density at radius 2 is 1.91 bits per heavy atom. The van der Waals surface area contributed by atoms with Crippen molar-refractivity contribution in [2.75, 3.05) is 5.32 Å². The van der Waals surface area contributed by atoms with Gasteiger partial charge in [0.05, 0.1) is 5.69 Å². The number of hydrogen-bond acceptors (Lipinski definition) is 4. The summed E-state index contributed by atoms with van der Waals surface area (Å²) in [7, 11) is 0. The van der Waals surface area contributed by atoms with Gasteiger partial charge >= 0.3 is 0 Å². The van der Waals surface area contributed by atoms with Gasteiger partial charge in [0.25, 0.3) is 0 Å². The van der Waals surface area contributed by atoms with Gasteiger partial charge in [-0.3, -0.25) is 4.79 Å². The molecule has 6 heteroatoms. The molecule has 0 bridgehead atoms. The molecule has 1 unspecified atom stereocenters. The van der Waals surface area contributed by atoms with Gasteiger partial charge in [-0.1, -0.05) is 36.2 Å². The number of aromatic nitrogens is 1. The van der Waals surface area contributed by atoms with Crippen LogP contribution in [-0.4, -0.2) is 10.9 Å². The van der Waals surface area contributed by atoms with Crippen LogP contribution < -0.4 is 11.1 Å². The highest BCUT2D eigenvalue weighted by Gasteiger charge is 2.19. The number of rotatable bonds is 3. The molecular weight excluding hydrogens is 330 g/mol. The third kappa shape index (κ3) is 4.31. The van der Waals surface area contributed by atoms with Crippen LogP contribution in [0.4, 0.5) is 5.13 Å². The zero-order chi connectivity index (χ0) is 15.5. The van der Waals surface area contributed by atoms with E-state index in [4.69, 9.17) is 5.73 Å². The fourth-order valence-corrected chi connectivity index (χ4v) is 3.74. The van der Waals surface area contributed by atoms with E-state index in [1.165, 1.54) is 24.1 Å². The predicted molar refractivity (Wildman–Crippen MR) is 97.4 cm³/mol. The van der Waals surface area contributed by atoms with Crippen molar-refractivity contribution in [1.82, 2.24) is 4.98 Å². The van der Waals surface area contributed by atoms with E-state index >= 15 is 0 Å². The van der Waals surface area contributed by atoms with Gasteiger partial charge in [0.15, 0.2) is 5.13 Å². The zero-order valence-electron chi connectivity index (χ0n) is 13.2. The van der Waals surface area contributed by atoms with Crippen molar-refractivity contribution in [3.8, 4) is 0 Å². The molecule has 4 nitrogen and oxygen atoms in total. The van der Waals surface area contributed by atoms with Gasteiger partial charge < -0.3 is 11.1 Å². The molecule has 124 valence electrons. The summed E-state index contributed by atoms with van der Waals surface area (Å²) in [5.74, 6) is -0.201. The summed E-state index contributed by atoms with van der Waals surface area (Å²) >= 11 is 1.59. The van der Waals surface area contributed by atoms with Gasteiger partial charge in [-0.2, -0.15) is 0 Å². The Kier molecular flexibility index (Phi) is 6.16. The number of nitrogens with two attached hydrogens (primary N) is 1. The average molecular weight is 352 g/mol. The van der Waals surface area contributed by atoms with Crippen LogP contribution >= 0.6 is 23.7 Å². The number of benzene rings is 1. The standard InChI is InChI=1S/C17H21N3OS.ClH/c1-11-7-9-12(10-8-11)15(18)16(21)20-17-19-13-5-3-2-4-6-14(13)22-17;/h7-10,15H,2-6,18H2,1H3,(H,19,20,21);1H. The molecule has 0 fully saturated rings. The summed E-state index contributed by atoms with van der Waals surface area (Å²) in [6.45, 7) is 2.01. The van der Waals surface area contributed by atoms with Gasteiger partial charge in [-0.25, -0.2) is 4.98 Å². The summed E-state index contributed by atoms with van der Waals surface area (Å²) < 4.78 is 0. The van der Waals surface area contributed by atoms with Crippen molar-refractivity contribution in [3.63, 3.8) is 0 Å². The number of nitrogens with one attached hydrogen (secondary N) is 1. The second-order valence-electron chi connectivity index (χ2n) is 5.83. The average Bonchev–Trinajstić information content (AvgIpc) is 2.76. The molecule has 0 saturated heterocycles. The molecule has 0 saturated carbocycles. The van der Waals surface area contributed by atoms with Crippen molar-refractivity contribution in [2.45, 2.75) is 45.1 Å². The molecule has 1 amide bonds. The molecule has 3 rings (SSSR count). The highest BCUT2D eigenvalue weighted by Crippen LogP contribution is 2.29. The fourth-order valence-electron chi connectivity index (χ4n) is 2.69. The number of amides is 1. The minimum atomic E-state index is -0.663. The maximum atomic E-state index is 12.3. The molecule has 1 aromatic carbocycles. The zero-order valence-corrected chi connectivity index (χ0v) is 14.8. The van der Waals surface area contributed by atoms with Crippen LogP contribution in [0.3, 0.4) is 0 Å². The minimum Gasteiger partial charge on any atom is -0.316 e. The van der Waals surface area contributed by atoms with Crippen LogP contribution in [0.2, 0.25) is 0 Å². The number of aryl methyl sites for hydroxylation is 3. The number of nitrogens with zero attached hydrogens (tertiary/aromatic N) is 1. The summed E-state index contributed by atoms with van der Waals surface area (Å²) in [6.07, 6.45) is 5.76. The van der Waals surface area contributed by atoms with Crippen molar-refractivity contribution in [3.05, 3.63) is 46.0 Å². The summed E-state index contributed by atoms with van der Waals surface area (Å²) in [5, 5.41) is 3.56. The molecule has 0 radical (unpaired) electrons. The maximum Gasteiger partial charge on any atom is 0.247 e. The summed E-state index contributed by atoms with van der Waals surface area (Å²) in [4.78, 5) is 18.2. The van der Waals surface area contributed by atoms with Crippen LogP contribution in [0.15, 0.2) is 24.3 Å². The second kappa shape index (κ2) is 7.90. The van der Waals surface area contributed by atoms with E-state index < -0.39 is 6.04 Å². The normalized spacial score (nSPS) is 15.0. The first-order chi connectivity index (χ1) is 10.6. The van der Waals surface area contributed by atoms with Crippen LogP contribution in [-0.2, 0) is 17.6 Å². The second-order valence-corrected chi connectivity index (χ2v) is 6.91. The number of halogens is 1. The summed E-state index contributed by atoms with van der Waals surface area (Å²) in [6, 6.07) is 7.07. The van der Waals surface area contributed by atoms with E-state index in [1.807, 2.05) is 31.2 Å². The molecule has 1 atom stereocenters. The summed E-state index contributed by atoms with van der Waals surface area (Å²) in [5.41, 5.74) is 9.18. The van der Waals surface area contributed by atoms with Crippen LogP contribution in [0.5, 0.6) is 0 Å². The molecule has 1 aromatic heterocycles. The Morgan fingerprint density at radius 3 is 2.65 bits per heavy atom. The molecule has 3 N–H and O–H groups in total. The van der Waals surface area contributed by atoms with E-state index in [0.717, 1.165) is 29.7 Å². The molecule has 0 spiro atoms. The van der Waals surface area contributed by atoms with E-state index in [1.54, 1.807) is 11.3 Å². The molecule has 2 aromatic rings. The lowest BCUT2D eigenvalue weighted by Crippen LogP contribution is -2.27. The molecule has 1 aliphatic carbocycles. The smallest absolute Gasteiger partial charge is 0.247 e. The maximum absolute atomic E-state index is 12.3. The molecule has 1 aliphatic rings. The molecule has 1 heterocycles. The number of thiazole rings is 1. The number of carbonyl (C=O) groups is 1. The predicted octanol–water partition coefficient (Wildman–Crippen LogP) is 3.78. The Hall–Kier alpha value is -1.43. The molecule has 23 heavy (non-hydrogen) atoms. The Labute approximate surface area is 146 Å². The fraction of sp³-hybridized carbons (Fsp3) is 0.412. The first-order valence-electron chi connectivity index (χ1n) is 7.75. The SMILES string of the molecule is Cc1ccc(C(N)C(=O)Nc2nc3c(s2)CCCCC3)cc1.Cl. The van der Waals surface area contributed by atoms with Gasteiger partial charge in [0, 0.05) is 4.88 Å². The minimum absolute atomic E-state index is 0. The van der Waals surface area contributed by atoms with E-state index in [2.05, 4.69) is 10.3 Å². The lowest BCUT2D eigenvalue weighted by Gasteiger charge is -2.11. The van der Waals surface area contributed by atoms with Crippen LogP contribution in [0.25, 0.3) is 0 Å². The van der Waals surface area contributed by atoms with E-state index in [0.29, 0.717) is 5.13 Å². The lowest BCUT2D eigenvalue weighted by atomic mass is 10.1. The largest absolute Gasteiger partial charge is 0.316 e.